The molecule has 18 heavy (non-hydrogen) atoms. The van der Waals surface area contributed by atoms with E-state index < -0.39 is 0 Å². The lowest BCUT2D eigenvalue weighted by molar-refractivity contribution is 0.384. The molecule has 1 aliphatic heterocycles. The zero-order chi connectivity index (χ0) is 12.5. The summed E-state index contributed by atoms with van der Waals surface area (Å²) >= 11 is 1.93. The van der Waals surface area contributed by atoms with Crippen molar-refractivity contribution in [3.8, 4) is 5.75 Å². The highest BCUT2D eigenvalue weighted by molar-refractivity contribution is 7.19. The third-order valence-electron chi connectivity index (χ3n) is 3.77. The Balaban J connectivity index is 1.92. The summed E-state index contributed by atoms with van der Waals surface area (Å²) in [5.74, 6) is 1.68. The number of benzene rings is 1. The van der Waals surface area contributed by atoms with Crippen molar-refractivity contribution in [1.82, 2.24) is 5.32 Å². The van der Waals surface area contributed by atoms with E-state index in [0.29, 0.717) is 6.04 Å². The molecule has 1 aromatic heterocycles. The van der Waals surface area contributed by atoms with E-state index in [2.05, 4.69) is 30.4 Å². The molecule has 3 rings (SSSR count). The first-order valence-corrected chi connectivity index (χ1v) is 7.39. The average Bonchev–Trinajstić information content (AvgIpc) is 2.81. The normalized spacial score (nSPS) is 24.3. The van der Waals surface area contributed by atoms with Crippen molar-refractivity contribution in [3.63, 3.8) is 0 Å². The molecule has 1 aromatic carbocycles. The van der Waals surface area contributed by atoms with Crippen molar-refractivity contribution < 1.29 is 4.74 Å². The van der Waals surface area contributed by atoms with Crippen LogP contribution in [0.5, 0.6) is 5.75 Å². The van der Waals surface area contributed by atoms with E-state index in [1.807, 2.05) is 17.4 Å². The number of nitrogens with one attached hydrogen (secondary N) is 1. The lowest BCUT2D eigenvalue weighted by Crippen LogP contribution is -2.34. The molecule has 0 saturated carbocycles. The van der Waals surface area contributed by atoms with Gasteiger partial charge in [-0.1, -0.05) is 0 Å². The fourth-order valence-electron chi connectivity index (χ4n) is 2.75. The van der Waals surface area contributed by atoms with Gasteiger partial charge in [0.25, 0.3) is 0 Å². The van der Waals surface area contributed by atoms with E-state index in [1.165, 1.54) is 27.8 Å². The Labute approximate surface area is 112 Å². The summed E-state index contributed by atoms with van der Waals surface area (Å²) in [6, 6.07) is 9.36. The maximum atomic E-state index is 5.29. The molecule has 3 heteroatoms. The highest BCUT2D eigenvalue weighted by atomic mass is 32.1. The lowest BCUT2D eigenvalue weighted by Gasteiger charge is -2.27. The van der Waals surface area contributed by atoms with Crippen LogP contribution in [0.2, 0.25) is 0 Å². The number of methoxy groups -OCH3 is 1. The third kappa shape index (κ3) is 2.25. The smallest absolute Gasteiger partial charge is 0.120 e. The minimum atomic E-state index is 0.642. The van der Waals surface area contributed by atoms with Crippen molar-refractivity contribution in [2.45, 2.75) is 31.7 Å². The molecule has 1 N–H and O–H groups in total. The molecule has 2 nitrogen and oxygen atoms in total. The van der Waals surface area contributed by atoms with Gasteiger partial charge in [-0.3, -0.25) is 0 Å². The van der Waals surface area contributed by atoms with E-state index in [-0.39, 0.29) is 0 Å². The Kier molecular flexibility index (Phi) is 3.27. The standard InChI is InChI=1S/C15H19NOS/c1-10-7-12(5-6-16-10)14-8-11-3-4-13(17-2)9-15(11)18-14/h3-4,8-10,12,16H,5-7H2,1-2H3/t10-,12?/m1/s1. The molecule has 0 radical (unpaired) electrons. The van der Waals surface area contributed by atoms with Crippen LogP contribution < -0.4 is 10.1 Å². The minimum Gasteiger partial charge on any atom is -0.497 e. The van der Waals surface area contributed by atoms with E-state index in [9.17, 15) is 0 Å². The quantitative estimate of drug-likeness (QED) is 0.888. The summed E-state index contributed by atoms with van der Waals surface area (Å²) in [6.07, 6.45) is 2.51. The molecule has 0 aliphatic carbocycles. The molecule has 0 spiro atoms. The fourth-order valence-corrected chi connectivity index (χ4v) is 3.99. The van der Waals surface area contributed by atoms with E-state index in [1.54, 1.807) is 7.11 Å². The van der Waals surface area contributed by atoms with Crippen LogP contribution in [0.1, 0.15) is 30.6 Å². The molecular formula is C15H19NOS. The van der Waals surface area contributed by atoms with Crippen LogP contribution in [-0.2, 0) is 0 Å². The topological polar surface area (TPSA) is 21.3 Å². The first-order chi connectivity index (χ1) is 8.76. The Bertz CT molecular complexity index is 548. The average molecular weight is 261 g/mol. The van der Waals surface area contributed by atoms with Crippen LogP contribution in [-0.4, -0.2) is 19.7 Å². The van der Waals surface area contributed by atoms with Crippen molar-refractivity contribution in [2.24, 2.45) is 0 Å². The van der Waals surface area contributed by atoms with Crippen LogP contribution >= 0.6 is 11.3 Å². The molecule has 1 unspecified atom stereocenters. The van der Waals surface area contributed by atoms with Crippen LogP contribution in [0.25, 0.3) is 10.1 Å². The van der Waals surface area contributed by atoms with Crippen LogP contribution in [0.4, 0.5) is 0 Å². The van der Waals surface area contributed by atoms with Gasteiger partial charge in [-0.15, -0.1) is 11.3 Å². The van der Waals surface area contributed by atoms with Gasteiger partial charge in [-0.05, 0) is 61.9 Å². The predicted molar refractivity (Wildman–Crippen MR) is 77.8 cm³/mol. The van der Waals surface area contributed by atoms with Gasteiger partial charge < -0.3 is 10.1 Å². The summed E-state index contributed by atoms with van der Waals surface area (Å²) in [5.41, 5.74) is 0. The molecule has 2 aromatic rings. The third-order valence-corrected chi connectivity index (χ3v) is 5.03. The molecule has 2 heterocycles. The monoisotopic (exact) mass is 261 g/mol. The first-order valence-electron chi connectivity index (χ1n) is 6.57. The van der Waals surface area contributed by atoms with Crippen molar-refractivity contribution in [2.75, 3.05) is 13.7 Å². The summed E-state index contributed by atoms with van der Waals surface area (Å²) < 4.78 is 6.63. The first kappa shape index (κ1) is 12.0. The Hall–Kier alpha value is -1.06. The zero-order valence-corrected chi connectivity index (χ0v) is 11.7. The number of fused-ring (bicyclic) bond motifs is 1. The van der Waals surface area contributed by atoms with Gasteiger partial charge in [0.2, 0.25) is 0 Å². The Morgan fingerprint density at radius 1 is 1.33 bits per heavy atom. The van der Waals surface area contributed by atoms with Crippen LogP contribution in [0, 0.1) is 0 Å². The van der Waals surface area contributed by atoms with Crippen molar-refractivity contribution >= 4 is 21.4 Å². The van der Waals surface area contributed by atoms with Crippen LogP contribution in [0.15, 0.2) is 24.3 Å². The van der Waals surface area contributed by atoms with Gasteiger partial charge in [0, 0.05) is 15.6 Å². The molecular weight excluding hydrogens is 242 g/mol. The van der Waals surface area contributed by atoms with Crippen molar-refractivity contribution in [1.29, 1.82) is 0 Å². The SMILES string of the molecule is COc1ccc2cc(C3CCN[C@H](C)C3)sc2c1. The lowest BCUT2D eigenvalue weighted by atomic mass is 9.92. The Morgan fingerprint density at radius 2 is 2.22 bits per heavy atom. The molecule has 1 fully saturated rings. The summed E-state index contributed by atoms with van der Waals surface area (Å²) in [6.45, 7) is 3.42. The number of hydrogen-bond acceptors (Lipinski definition) is 3. The molecule has 0 bridgehead atoms. The van der Waals surface area contributed by atoms with Crippen LogP contribution in [0.3, 0.4) is 0 Å². The highest BCUT2D eigenvalue weighted by Crippen LogP contribution is 2.37. The molecule has 0 amide bonds. The Morgan fingerprint density at radius 3 is 3.00 bits per heavy atom. The van der Waals surface area contributed by atoms with E-state index >= 15 is 0 Å². The van der Waals surface area contributed by atoms with Crippen molar-refractivity contribution in [3.05, 3.63) is 29.1 Å². The number of thiophene rings is 1. The van der Waals surface area contributed by atoms with E-state index in [4.69, 9.17) is 4.74 Å². The second kappa shape index (κ2) is 4.90. The number of ether oxygens (including phenoxy) is 1. The highest BCUT2D eigenvalue weighted by Gasteiger charge is 2.21. The second-order valence-electron chi connectivity index (χ2n) is 5.13. The number of rotatable bonds is 2. The molecule has 96 valence electrons. The molecule has 2 atom stereocenters. The predicted octanol–water partition coefficient (Wildman–Crippen LogP) is 3.77. The molecule has 1 aliphatic rings. The van der Waals surface area contributed by atoms with E-state index in [0.717, 1.165) is 18.2 Å². The maximum absolute atomic E-state index is 5.29. The summed E-state index contributed by atoms with van der Waals surface area (Å²) in [4.78, 5) is 1.53. The second-order valence-corrected chi connectivity index (χ2v) is 6.24. The van der Waals surface area contributed by atoms with Gasteiger partial charge in [0.05, 0.1) is 7.11 Å². The molecule has 1 saturated heterocycles. The number of piperidine rings is 1. The van der Waals surface area contributed by atoms with Gasteiger partial charge >= 0.3 is 0 Å². The maximum Gasteiger partial charge on any atom is 0.120 e. The largest absolute Gasteiger partial charge is 0.497 e. The van der Waals surface area contributed by atoms with Gasteiger partial charge in [-0.25, -0.2) is 0 Å². The summed E-state index contributed by atoms with van der Waals surface area (Å²) in [7, 11) is 1.73. The number of hydrogen-bond donors (Lipinski definition) is 1. The van der Waals surface area contributed by atoms with Gasteiger partial charge in [-0.2, -0.15) is 0 Å². The minimum absolute atomic E-state index is 0.642. The van der Waals surface area contributed by atoms with Gasteiger partial charge in [0.1, 0.15) is 5.75 Å². The van der Waals surface area contributed by atoms with Gasteiger partial charge in [0.15, 0.2) is 0 Å². The zero-order valence-electron chi connectivity index (χ0n) is 10.9. The summed E-state index contributed by atoms with van der Waals surface area (Å²) in [5, 5.41) is 4.87. The fraction of sp³-hybridized carbons (Fsp3) is 0.467.